The van der Waals surface area contributed by atoms with E-state index >= 15 is 0 Å². The van der Waals surface area contributed by atoms with Gasteiger partial charge in [-0.15, -0.1) is 0 Å². The topological polar surface area (TPSA) is 86.7 Å². The number of hydrogen-bond donors (Lipinski definition) is 2. The van der Waals surface area contributed by atoms with Gasteiger partial charge in [0.05, 0.1) is 16.8 Å². The van der Waals surface area contributed by atoms with Crippen molar-refractivity contribution in [2.24, 2.45) is 0 Å². The van der Waals surface area contributed by atoms with Crippen LogP contribution in [0.3, 0.4) is 0 Å². The van der Waals surface area contributed by atoms with Gasteiger partial charge in [0, 0.05) is 15.9 Å². The second kappa shape index (κ2) is 9.94. The van der Waals surface area contributed by atoms with E-state index in [4.69, 9.17) is 11.6 Å². The van der Waals surface area contributed by atoms with Crippen LogP contribution in [0.25, 0.3) is 0 Å². The molecule has 0 fully saturated rings. The Morgan fingerprint density at radius 1 is 1.06 bits per heavy atom. The molecule has 4 rings (SSSR count). The summed E-state index contributed by atoms with van der Waals surface area (Å²) in [5.41, 5.74) is -0.0599. The molecule has 3 aromatic rings. The van der Waals surface area contributed by atoms with E-state index in [0.29, 0.717) is 15.1 Å². The Kier molecular flexibility index (Phi) is 7.10. The smallest absolute Gasteiger partial charge is 0.416 e. The first-order chi connectivity index (χ1) is 17.0. The number of fused-ring (bicyclic) bond motifs is 1. The number of carboxylic acids is 1. The van der Waals surface area contributed by atoms with Crippen LogP contribution in [-0.2, 0) is 22.2 Å². The molecular weight excluding hydrogens is 565 g/mol. The summed E-state index contributed by atoms with van der Waals surface area (Å²) in [4.78, 5) is 40.6. The molecule has 2 N–H and O–H groups in total. The van der Waals surface area contributed by atoms with E-state index in [2.05, 4.69) is 21.2 Å². The molecule has 2 unspecified atom stereocenters. The third kappa shape index (κ3) is 5.24. The van der Waals surface area contributed by atoms with Gasteiger partial charge in [-0.1, -0.05) is 51.8 Å². The first kappa shape index (κ1) is 25.7. The van der Waals surface area contributed by atoms with Crippen LogP contribution in [0.15, 0.2) is 71.2 Å². The van der Waals surface area contributed by atoms with Crippen LogP contribution in [-0.4, -0.2) is 33.8 Å². The van der Waals surface area contributed by atoms with Crippen molar-refractivity contribution in [2.75, 3.05) is 5.32 Å². The number of amides is 2. The summed E-state index contributed by atoms with van der Waals surface area (Å²) >= 11 is 9.26. The van der Waals surface area contributed by atoms with Crippen molar-refractivity contribution in [1.29, 1.82) is 0 Å². The number of rotatable bonds is 5. The molecule has 0 aromatic heterocycles. The van der Waals surface area contributed by atoms with Gasteiger partial charge in [0.1, 0.15) is 12.1 Å². The minimum Gasteiger partial charge on any atom is -0.480 e. The Hall–Kier alpha value is -3.37. The molecular formula is C25H17BrClF3N2O4. The van der Waals surface area contributed by atoms with Crippen LogP contribution >= 0.6 is 27.5 Å². The molecule has 1 aliphatic heterocycles. The van der Waals surface area contributed by atoms with E-state index < -0.39 is 41.6 Å². The number of benzene rings is 3. The lowest BCUT2D eigenvalue weighted by molar-refractivity contribution is -0.144. The summed E-state index contributed by atoms with van der Waals surface area (Å²) in [5.74, 6) is -2.80. The molecule has 0 spiro atoms. The Morgan fingerprint density at radius 3 is 2.28 bits per heavy atom. The number of alkyl halides is 3. The SMILES string of the molecule is O=C(O)C(Cc1ccc(C(F)(F)F)cc1)N1C(=O)c2cc(Br)ccc2NC(=O)C1c1ccc(Cl)cc1. The van der Waals surface area contributed by atoms with Gasteiger partial charge in [0.25, 0.3) is 11.8 Å². The summed E-state index contributed by atoms with van der Waals surface area (Å²) < 4.78 is 39.5. The summed E-state index contributed by atoms with van der Waals surface area (Å²) in [6, 6.07) is 11.7. The van der Waals surface area contributed by atoms with Crippen LogP contribution < -0.4 is 5.32 Å². The van der Waals surface area contributed by atoms with Crippen molar-refractivity contribution in [1.82, 2.24) is 4.90 Å². The average molecular weight is 582 g/mol. The van der Waals surface area contributed by atoms with E-state index in [-0.39, 0.29) is 23.2 Å². The van der Waals surface area contributed by atoms with Crippen molar-refractivity contribution in [3.63, 3.8) is 0 Å². The predicted molar refractivity (Wildman–Crippen MR) is 130 cm³/mol. The van der Waals surface area contributed by atoms with Gasteiger partial charge < -0.3 is 15.3 Å². The number of aliphatic carboxylic acids is 1. The number of hydrogen-bond acceptors (Lipinski definition) is 3. The van der Waals surface area contributed by atoms with E-state index in [1.807, 2.05) is 0 Å². The van der Waals surface area contributed by atoms with Crippen molar-refractivity contribution < 1.29 is 32.7 Å². The van der Waals surface area contributed by atoms with Gasteiger partial charge >= 0.3 is 12.1 Å². The van der Waals surface area contributed by atoms with Gasteiger partial charge in [0.15, 0.2) is 0 Å². The van der Waals surface area contributed by atoms with Crippen molar-refractivity contribution in [2.45, 2.75) is 24.7 Å². The standard InChI is InChI=1S/C25H17BrClF3N2O4/c26-16-7-10-19-18(12-16)23(34)32(21(22(33)31-19)14-3-8-17(27)9-4-14)20(24(35)36)11-13-1-5-15(6-2-13)25(28,29)30/h1-10,12,20-21H,11H2,(H,31,33)(H,35,36). The maximum Gasteiger partial charge on any atom is 0.416 e. The first-order valence-corrected chi connectivity index (χ1v) is 11.7. The number of anilines is 1. The predicted octanol–water partition coefficient (Wildman–Crippen LogP) is 5.95. The van der Waals surface area contributed by atoms with Gasteiger partial charge in [0.2, 0.25) is 0 Å². The zero-order valence-electron chi connectivity index (χ0n) is 18.2. The normalized spacial score (nSPS) is 16.7. The highest BCUT2D eigenvalue weighted by Gasteiger charge is 2.43. The number of nitrogens with one attached hydrogen (secondary N) is 1. The molecule has 11 heteroatoms. The lowest BCUT2D eigenvalue weighted by Gasteiger charge is -2.34. The van der Waals surface area contributed by atoms with E-state index in [9.17, 15) is 32.7 Å². The van der Waals surface area contributed by atoms with Crippen LogP contribution in [0.1, 0.15) is 33.1 Å². The van der Waals surface area contributed by atoms with Crippen LogP contribution in [0.4, 0.5) is 18.9 Å². The van der Waals surface area contributed by atoms with Gasteiger partial charge in [-0.25, -0.2) is 4.79 Å². The molecule has 0 aliphatic carbocycles. The maximum absolute atomic E-state index is 13.8. The summed E-state index contributed by atoms with van der Waals surface area (Å²) in [7, 11) is 0. The minimum absolute atomic E-state index is 0.0628. The second-order valence-electron chi connectivity index (χ2n) is 8.10. The molecule has 186 valence electrons. The fourth-order valence-corrected chi connectivity index (χ4v) is 4.51. The molecule has 36 heavy (non-hydrogen) atoms. The Balaban J connectivity index is 1.83. The van der Waals surface area contributed by atoms with Crippen molar-refractivity contribution in [3.05, 3.63) is 98.5 Å². The van der Waals surface area contributed by atoms with E-state index in [0.717, 1.165) is 29.2 Å². The summed E-state index contributed by atoms with van der Waals surface area (Å²) in [6.45, 7) is 0. The Morgan fingerprint density at radius 2 is 1.69 bits per heavy atom. The molecule has 6 nitrogen and oxygen atoms in total. The highest BCUT2D eigenvalue weighted by atomic mass is 79.9. The molecule has 1 heterocycles. The first-order valence-electron chi connectivity index (χ1n) is 10.5. The molecule has 2 atom stereocenters. The number of carboxylic acid groups (broad SMARTS) is 1. The van der Waals surface area contributed by atoms with Crippen molar-refractivity contribution in [3.8, 4) is 0 Å². The third-order valence-corrected chi connectivity index (χ3v) is 6.49. The number of carbonyl (C=O) groups excluding carboxylic acids is 2. The van der Waals surface area contributed by atoms with Crippen molar-refractivity contribution >= 4 is 51.0 Å². The highest BCUT2D eigenvalue weighted by Crippen LogP contribution is 2.35. The Labute approximate surface area is 216 Å². The molecule has 2 amide bonds. The fourth-order valence-electron chi connectivity index (χ4n) is 4.02. The summed E-state index contributed by atoms with van der Waals surface area (Å²) in [5, 5.41) is 13.2. The van der Waals surface area contributed by atoms with Crippen LogP contribution in [0.5, 0.6) is 0 Å². The molecule has 1 aliphatic rings. The zero-order valence-corrected chi connectivity index (χ0v) is 20.6. The minimum atomic E-state index is -4.56. The number of nitrogens with zero attached hydrogens (tertiary/aromatic N) is 1. The largest absolute Gasteiger partial charge is 0.480 e. The number of carbonyl (C=O) groups is 3. The number of halogens is 5. The summed E-state index contributed by atoms with van der Waals surface area (Å²) in [6.07, 6.45) is -4.89. The average Bonchev–Trinajstić information content (AvgIpc) is 2.92. The fraction of sp³-hybridized carbons (Fsp3) is 0.160. The van der Waals surface area contributed by atoms with Crippen LogP contribution in [0, 0.1) is 0 Å². The van der Waals surface area contributed by atoms with Gasteiger partial charge in [-0.2, -0.15) is 13.2 Å². The quantitative estimate of drug-likeness (QED) is 0.390. The Bertz CT molecular complexity index is 1330. The third-order valence-electron chi connectivity index (χ3n) is 5.75. The maximum atomic E-state index is 13.8. The lowest BCUT2D eigenvalue weighted by Crippen LogP contribution is -2.50. The van der Waals surface area contributed by atoms with Gasteiger partial charge in [-0.05, 0) is 53.6 Å². The molecule has 0 radical (unpaired) electrons. The molecule has 3 aromatic carbocycles. The highest BCUT2D eigenvalue weighted by molar-refractivity contribution is 9.10. The lowest BCUT2D eigenvalue weighted by atomic mass is 9.97. The molecule has 0 saturated heterocycles. The van der Waals surface area contributed by atoms with Crippen LogP contribution in [0.2, 0.25) is 5.02 Å². The second-order valence-corrected chi connectivity index (χ2v) is 9.45. The molecule has 0 saturated carbocycles. The van der Waals surface area contributed by atoms with Gasteiger partial charge in [-0.3, -0.25) is 9.59 Å². The molecule has 0 bridgehead atoms. The van der Waals surface area contributed by atoms with E-state index in [1.54, 1.807) is 6.07 Å². The van der Waals surface area contributed by atoms with E-state index in [1.165, 1.54) is 36.4 Å². The zero-order chi connectivity index (χ0) is 26.2. The monoisotopic (exact) mass is 580 g/mol.